The van der Waals surface area contributed by atoms with E-state index in [4.69, 9.17) is 4.74 Å². The minimum Gasteiger partial charge on any atom is -1.00 e. The number of carbonyl (C=O) groups excluding carboxylic acids is 1. The van der Waals surface area contributed by atoms with E-state index in [1.807, 2.05) is 6.92 Å². The third-order valence-corrected chi connectivity index (χ3v) is 6.72. The van der Waals surface area contributed by atoms with Crippen LogP contribution in [0.5, 0.6) is 0 Å². The van der Waals surface area contributed by atoms with Crippen LogP contribution in [0, 0.1) is 11.8 Å². The van der Waals surface area contributed by atoms with Crippen LogP contribution in [0.15, 0.2) is 36.1 Å². The molecule has 5 rings (SSSR count). The molecule has 0 bridgehead atoms. The molecule has 0 unspecified atom stereocenters. The van der Waals surface area contributed by atoms with Crippen molar-refractivity contribution in [3.8, 4) is 0 Å². The molecule has 1 saturated heterocycles. The second kappa shape index (κ2) is 7.45. The van der Waals surface area contributed by atoms with Gasteiger partial charge in [0.25, 0.3) is 5.91 Å². The van der Waals surface area contributed by atoms with Gasteiger partial charge in [0.15, 0.2) is 0 Å². The number of amides is 1. The lowest BCUT2D eigenvalue weighted by atomic mass is 9.72. The fourth-order valence-electron chi connectivity index (χ4n) is 5.35. The molecule has 1 aromatic heterocycles. The highest BCUT2D eigenvalue weighted by molar-refractivity contribution is 5.94. The van der Waals surface area contributed by atoms with Crippen molar-refractivity contribution in [2.45, 2.75) is 38.8 Å². The molecule has 28 heavy (non-hydrogen) atoms. The number of ether oxygens (including phenoxy) is 1. The molecule has 5 nitrogen and oxygen atoms in total. The van der Waals surface area contributed by atoms with Crippen molar-refractivity contribution in [3.05, 3.63) is 47.4 Å². The Hall–Kier alpha value is -1.98. The standard InChI is InChI=1S/C22H27N3O2.ClH/c1-3-23-22(26)18-12-27-13(2)17-11-25-9-8-15-14-6-4-5-7-19(14)24-21(15)20(25)10-16(17)18;/h4-7,12-13,16-17,20,24H,3,8-11H2,1-2H3,(H,23,26);1H/t13-,16-,17+,20+;/m0./s1. The number of H-pyrrole nitrogens is 1. The molecule has 0 spiro atoms. The molecule has 3 aliphatic rings. The maximum atomic E-state index is 12.6. The molecule has 6 heteroatoms. The van der Waals surface area contributed by atoms with Crippen LogP contribution in [0.1, 0.15) is 39.0 Å². The van der Waals surface area contributed by atoms with Crippen LogP contribution in [-0.2, 0) is 16.0 Å². The summed E-state index contributed by atoms with van der Waals surface area (Å²) < 4.78 is 5.87. The first-order valence-electron chi connectivity index (χ1n) is 10.1. The monoisotopic (exact) mass is 401 g/mol. The van der Waals surface area contributed by atoms with Crippen molar-refractivity contribution < 1.29 is 23.4 Å². The number of nitrogens with one attached hydrogen (secondary N) is 2. The Labute approximate surface area is 173 Å². The highest BCUT2D eigenvalue weighted by Crippen LogP contribution is 2.47. The molecule has 4 heterocycles. The van der Waals surface area contributed by atoms with Gasteiger partial charge in [-0.25, -0.2) is 0 Å². The molecule has 3 aliphatic heterocycles. The topological polar surface area (TPSA) is 57.4 Å². The fraction of sp³-hybridized carbons (Fsp3) is 0.500. The summed E-state index contributed by atoms with van der Waals surface area (Å²) in [7, 11) is 0. The quantitative estimate of drug-likeness (QED) is 0.759. The molecular weight excluding hydrogens is 374 g/mol. The van der Waals surface area contributed by atoms with Gasteiger partial charge in [-0.1, -0.05) is 18.2 Å². The van der Waals surface area contributed by atoms with Crippen molar-refractivity contribution in [1.29, 1.82) is 0 Å². The maximum Gasteiger partial charge on any atom is 1.00 e. The number of aromatic amines is 1. The van der Waals surface area contributed by atoms with E-state index < -0.39 is 0 Å². The molecule has 4 atom stereocenters. The summed E-state index contributed by atoms with van der Waals surface area (Å²) in [5.74, 6) is 0.647. The lowest BCUT2D eigenvalue weighted by Gasteiger charge is -2.49. The zero-order chi connectivity index (χ0) is 18.5. The largest absolute Gasteiger partial charge is 1.00 e. The number of para-hydroxylation sites is 1. The van der Waals surface area contributed by atoms with Crippen LogP contribution in [0.3, 0.4) is 0 Å². The van der Waals surface area contributed by atoms with Crippen LogP contribution in [0.4, 0.5) is 0 Å². The number of carbonyl (C=O) groups is 1. The smallest absolute Gasteiger partial charge is 1.00 e. The SMILES string of the molecule is CCNC(=O)C1=CO[C@@H](C)[C@H]2CN3CCc4c([nH]c5ccccc45)[C@H]3C[C@H]12.[Cl-].[H+]. The summed E-state index contributed by atoms with van der Waals surface area (Å²) in [5.41, 5.74) is 4.87. The second-order valence-electron chi connectivity index (χ2n) is 8.10. The number of rotatable bonds is 2. The van der Waals surface area contributed by atoms with E-state index in [-0.39, 0.29) is 31.8 Å². The molecule has 1 aromatic carbocycles. The molecule has 2 N–H and O–H groups in total. The van der Waals surface area contributed by atoms with Gasteiger partial charge in [-0.2, -0.15) is 0 Å². The van der Waals surface area contributed by atoms with Gasteiger partial charge in [0, 0.05) is 48.1 Å². The Morgan fingerprint density at radius 2 is 2.21 bits per heavy atom. The zero-order valence-electron chi connectivity index (χ0n) is 17.4. The zero-order valence-corrected chi connectivity index (χ0v) is 17.1. The number of hydrogen-bond acceptors (Lipinski definition) is 3. The Morgan fingerprint density at radius 1 is 1.39 bits per heavy atom. The van der Waals surface area contributed by atoms with Gasteiger partial charge < -0.3 is 27.4 Å². The van der Waals surface area contributed by atoms with Crippen molar-refractivity contribution in [2.24, 2.45) is 11.8 Å². The van der Waals surface area contributed by atoms with E-state index in [9.17, 15) is 4.79 Å². The van der Waals surface area contributed by atoms with Gasteiger partial charge in [0.1, 0.15) is 0 Å². The Bertz CT molecular complexity index is 928. The van der Waals surface area contributed by atoms with Crippen molar-refractivity contribution >= 4 is 16.8 Å². The van der Waals surface area contributed by atoms with Crippen LogP contribution < -0.4 is 17.7 Å². The Morgan fingerprint density at radius 3 is 3.04 bits per heavy atom. The van der Waals surface area contributed by atoms with Crippen molar-refractivity contribution in [3.63, 3.8) is 0 Å². The number of hydrogen-bond donors (Lipinski definition) is 2. The average molecular weight is 402 g/mol. The molecule has 1 amide bonds. The highest BCUT2D eigenvalue weighted by Gasteiger charge is 2.46. The summed E-state index contributed by atoms with van der Waals surface area (Å²) >= 11 is 0. The minimum atomic E-state index is 0. The van der Waals surface area contributed by atoms with Gasteiger partial charge in [0.05, 0.1) is 24.0 Å². The number of likely N-dealkylation sites (N-methyl/N-ethyl adjacent to an activating group) is 1. The third kappa shape index (κ3) is 2.92. The molecule has 0 saturated carbocycles. The summed E-state index contributed by atoms with van der Waals surface area (Å²) in [4.78, 5) is 18.9. The first-order chi connectivity index (χ1) is 13.2. The van der Waals surface area contributed by atoms with E-state index in [2.05, 4.69) is 46.4 Å². The van der Waals surface area contributed by atoms with Gasteiger partial charge in [-0.3, -0.25) is 9.69 Å². The summed E-state index contributed by atoms with van der Waals surface area (Å²) in [6, 6.07) is 8.96. The van der Waals surface area contributed by atoms with E-state index in [1.165, 1.54) is 22.2 Å². The first kappa shape index (κ1) is 19.3. The molecule has 0 radical (unpaired) electrons. The number of piperidine rings is 1. The molecule has 1 fully saturated rings. The predicted octanol–water partition coefficient (Wildman–Crippen LogP) is 0.258. The predicted molar refractivity (Wildman–Crippen MR) is 106 cm³/mol. The maximum absolute atomic E-state index is 12.6. The normalized spacial score (nSPS) is 28.9. The van der Waals surface area contributed by atoms with Crippen LogP contribution in [-0.4, -0.2) is 41.5 Å². The lowest BCUT2D eigenvalue weighted by Crippen LogP contribution is -3.00. The van der Waals surface area contributed by atoms with Crippen LogP contribution in [0.2, 0.25) is 0 Å². The summed E-state index contributed by atoms with van der Waals surface area (Å²) in [6.45, 7) is 6.81. The lowest BCUT2D eigenvalue weighted by molar-refractivity contribution is -0.120. The third-order valence-electron chi connectivity index (χ3n) is 6.72. The summed E-state index contributed by atoms with van der Waals surface area (Å²) in [6.07, 6.45) is 3.93. The number of fused-ring (bicyclic) bond motifs is 6. The Kier molecular flexibility index (Phi) is 5.15. The average Bonchev–Trinajstić information content (AvgIpc) is 3.06. The van der Waals surface area contributed by atoms with E-state index >= 15 is 0 Å². The first-order valence-corrected chi connectivity index (χ1v) is 10.1. The second-order valence-corrected chi connectivity index (χ2v) is 8.10. The van der Waals surface area contributed by atoms with E-state index in [0.717, 1.165) is 31.5 Å². The number of benzene rings is 1. The van der Waals surface area contributed by atoms with Crippen LogP contribution in [0.25, 0.3) is 10.9 Å². The van der Waals surface area contributed by atoms with Crippen molar-refractivity contribution in [2.75, 3.05) is 19.6 Å². The molecular formula is C22H28ClN3O2. The molecule has 150 valence electrons. The fourth-order valence-corrected chi connectivity index (χ4v) is 5.35. The van der Waals surface area contributed by atoms with Gasteiger partial charge in [-0.15, -0.1) is 0 Å². The van der Waals surface area contributed by atoms with Crippen molar-refractivity contribution in [1.82, 2.24) is 15.2 Å². The Balaban J connectivity index is 0.00000120. The van der Waals surface area contributed by atoms with Gasteiger partial charge in [0.2, 0.25) is 0 Å². The van der Waals surface area contributed by atoms with Gasteiger partial charge >= 0.3 is 1.43 Å². The molecule has 2 aromatic rings. The van der Waals surface area contributed by atoms with E-state index in [1.54, 1.807) is 6.26 Å². The van der Waals surface area contributed by atoms with Crippen LogP contribution >= 0.6 is 0 Å². The van der Waals surface area contributed by atoms with E-state index in [0.29, 0.717) is 18.5 Å². The molecule has 0 aliphatic carbocycles. The number of aromatic nitrogens is 1. The summed E-state index contributed by atoms with van der Waals surface area (Å²) in [5, 5.41) is 4.32. The highest BCUT2D eigenvalue weighted by atomic mass is 35.5. The number of halogens is 1. The minimum absolute atomic E-state index is 0. The number of nitrogens with zero attached hydrogens (tertiary/aromatic N) is 1. The van der Waals surface area contributed by atoms with Gasteiger partial charge in [-0.05, 0) is 38.3 Å².